The van der Waals surface area contributed by atoms with Gasteiger partial charge in [0.15, 0.2) is 0 Å². The number of carbonyl (C=O) groups is 1. The molecule has 0 fully saturated rings. The molecule has 8 nitrogen and oxygen atoms in total. The third-order valence-electron chi connectivity index (χ3n) is 7.02. The Kier molecular flexibility index (Phi) is 27.3. The van der Waals surface area contributed by atoms with Crippen LogP contribution in [0.1, 0.15) is 110 Å². The highest BCUT2D eigenvalue weighted by atomic mass is 31.2. The average molecular weight is 653 g/mol. The molecule has 260 valence electrons. The van der Waals surface area contributed by atoms with Gasteiger partial charge in [-0.25, -0.2) is 0 Å². The molecule has 0 bridgehead atoms. The zero-order valence-corrected chi connectivity index (χ0v) is 29.9. The van der Waals surface area contributed by atoms with Gasteiger partial charge >= 0.3 is 0 Å². The highest BCUT2D eigenvalue weighted by molar-refractivity contribution is 7.45. The molecule has 0 aliphatic heterocycles. The number of hydrogen-bond donors (Lipinski definition) is 2. The van der Waals surface area contributed by atoms with Crippen molar-refractivity contribution in [3.8, 4) is 0 Å². The van der Waals surface area contributed by atoms with E-state index in [1.165, 1.54) is 19.3 Å². The summed E-state index contributed by atoms with van der Waals surface area (Å²) >= 11 is 0. The molecule has 0 aromatic rings. The summed E-state index contributed by atoms with van der Waals surface area (Å²) in [6.07, 6.45) is 34.3. The van der Waals surface area contributed by atoms with Crippen molar-refractivity contribution in [1.82, 2.24) is 5.32 Å². The lowest BCUT2D eigenvalue weighted by Crippen LogP contribution is -2.45. The molecule has 0 saturated carbocycles. The molecule has 0 saturated heterocycles. The third-order valence-corrected chi connectivity index (χ3v) is 7.99. The van der Waals surface area contributed by atoms with Gasteiger partial charge in [-0.05, 0) is 64.7 Å². The first-order valence-corrected chi connectivity index (χ1v) is 18.6. The summed E-state index contributed by atoms with van der Waals surface area (Å²) < 4.78 is 22.9. The Hall–Kier alpha value is -1.80. The summed E-state index contributed by atoms with van der Waals surface area (Å²) in [7, 11) is 1.21. The minimum atomic E-state index is -4.59. The van der Waals surface area contributed by atoms with Crippen molar-refractivity contribution >= 4 is 13.7 Å². The molecule has 2 N–H and O–H groups in total. The molecule has 1 amide bonds. The van der Waals surface area contributed by atoms with Crippen molar-refractivity contribution in [2.75, 3.05) is 40.9 Å². The summed E-state index contributed by atoms with van der Waals surface area (Å²) in [5, 5.41) is 13.6. The van der Waals surface area contributed by atoms with E-state index in [1.54, 1.807) is 6.08 Å². The molecule has 9 heteroatoms. The first kappa shape index (κ1) is 43.2. The molecule has 0 aliphatic rings. The highest BCUT2D eigenvalue weighted by Gasteiger charge is 2.23. The number of aliphatic hydroxyl groups is 1. The Morgan fingerprint density at radius 3 is 2.04 bits per heavy atom. The molecule has 0 heterocycles. The van der Waals surface area contributed by atoms with Gasteiger partial charge in [0.25, 0.3) is 7.82 Å². The van der Waals surface area contributed by atoms with Crippen molar-refractivity contribution in [3.63, 3.8) is 0 Å². The molecular weight excluding hydrogens is 587 g/mol. The van der Waals surface area contributed by atoms with Crippen LogP contribution in [-0.4, -0.2) is 68.5 Å². The molecule has 0 spiro atoms. The number of amides is 1. The lowest BCUT2D eigenvalue weighted by molar-refractivity contribution is -0.870. The lowest BCUT2D eigenvalue weighted by Gasteiger charge is -2.29. The second kappa shape index (κ2) is 28.4. The Balaban J connectivity index is 4.64. The summed E-state index contributed by atoms with van der Waals surface area (Å²) in [4.78, 5) is 25.0. The van der Waals surface area contributed by atoms with E-state index >= 15 is 0 Å². The van der Waals surface area contributed by atoms with Crippen molar-refractivity contribution in [2.24, 2.45) is 0 Å². The molecule has 0 aromatic heterocycles. The topological polar surface area (TPSA) is 108 Å². The van der Waals surface area contributed by atoms with E-state index < -0.39 is 26.6 Å². The first-order valence-electron chi connectivity index (χ1n) is 17.1. The number of quaternary nitrogens is 1. The number of hydrogen-bond acceptors (Lipinski definition) is 6. The number of phosphoric ester groups is 1. The molecule has 3 atom stereocenters. The summed E-state index contributed by atoms with van der Waals surface area (Å²) in [5.74, 6) is -0.235. The van der Waals surface area contributed by atoms with Gasteiger partial charge in [-0.2, -0.15) is 0 Å². The van der Waals surface area contributed by atoms with Crippen molar-refractivity contribution in [2.45, 2.75) is 122 Å². The monoisotopic (exact) mass is 652 g/mol. The maximum Gasteiger partial charge on any atom is 0.268 e. The molecule has 3 unspecified atom stereocenters. The summed E-state index contributed by atoms with van der Waals surface area (Å²) in [6, 6.07) is -0.914. The molecule has 45 heavy (non-hydrogen) atoms. The van der Waals surface area contributed by atoms with Crippen LogP contribution >= 0.6 is 7.82 Å². The maximum absolute atomic E-state index is 12.7. The molecular formula is C36H65N2O6P. The number of nitrogens with zero attached hydrogens (tertiary/aromatic N) is 1. The van der Waals surface area contributed by atoms with Crippen LogP contribution in [-0.2, 0) is 18.4 Å². The third kappa shape index (κ3) is 30.6. The van der Waals surface area contributed by atoms with Gasteiger partial charge in [-0.1, -0.05) is 99.8 Å². The Morgan fingerprint density at radius 1 is 0.822 bits per heavy atom. The van der Waals surface area contributed by atoms with Crippen LogP contribution in [0, 0.1) is 0 Å². The Bertz CT molecular complexity index is 923. The minimum Gasteiger partial charge on any atom is -0.756 e. The maximum atomic E-state index is 12.7. The molecule has 0 aliphatic carbocycles. The van der Waals surface area contributed by atoms with Gasteiger partial charge in [0, 0.05) is 6.42 Å². The van der Waals surface area contributed by atoms with Gasteiger partial charge in [-0.15, -0.1) is 0 Å². The van der Waals surface area contributed by atoms with E-state index in [0.717, 1.165) is 70.6 Å². The Morgan fingerprint density at radius 2 is 1.40 bits per heavy atom. The van der Waals surface area contributed by atoms with Crippen LogP contribution in [0.3, 0.4) is 0 Å². The Labute approximate surface area is 275 Å². The number of rotatable bonds is 29. The number of allylic oxidation sites excluding steroid dienone is 9. The molecule has 0 aromatic carbocycles. The van der Waals surface area contributed by atoms with Gasteiger partial charge in [0.1, 0.15) is 13.2 Å². The molecule has 0 rings (SSSR count). The number of carbonyl (C=O) groups excluding carboxylic acids is 1. The van der Waals surface area contributed by atoms with Gasteiger partial charge in [0.05, 0.1) is 39.9 Å². The molecule has 0 radical (unpaired) electrons. The van der Waals surface area contributed by atoms with Crippen LogP contribution in [0.5, 0.6) is 0 Å². The second-order valence-electron chi connectivity index (χ2n) is 12.5. The van der Waals surface area contributed by atoms with Crippen LogP contribution in [0.2, 0.25) is 0 Å². The number of likely N-dealkylation sites (N-methyl/N-ethyl adjacent to an activating group) is 1. The summed E-state index contributed by atoms with van der Waals surface area (Å²) in [5.41, 5.74) is 0. The fourth-order valence-electron chi connectivity index (χ4n) is 4.20. The van der Waals surface area contributed by atoms with Crippen molar-refractivity contribution in [3.05, 3.63) is 60.8 Å². The van der Waals surface area contributed by atoms with Crippen LogP contribution in [0.4, 0.5) is 0 Å². The van der Waals surface area contributed by atoms with Gasteiger partial charge in [0.2, 0.25) is 5.91 Å². The first-order chi connectivity index (χ1) is 21.5. The lowest BCUT2D eigenvalue weighted by atomic mass is 10.1. The van der Waals surface area contributed by atoms with Gasteiger partial charge < -0.3 is 28.8 Å². The van der Waals surface area contributed by atoms with Crippen LogP contribution < -0.4 is 10.2 Å². The van der Waals surface area contributed by atoms with E-state index in [9.17, 15) is 19.4 Å². The minimum absolute atomic E-state index is 0.0151. The standard InChI is InChI=1S/C36H65N2O6P/c1-6-8-10-12-14-16-17-18-19-20-22-24-26-28-30-36(40)37-34(33-44-45(41,42)43-32-31-38(3,4)5)35(39)29-27-25-23-21-15-13-11-9-7-2/h7,9,12,14-15,17-18,21,27,29,34-35,39H,6,8,10-11,13,16,19-20,22-26,28,30-33H2,1-5H3,(H-,37,40,41,42)/b9-7+,14-12-,18-17-,21-15+,29-27+. The number of nitrogens with one attached hydrogen (secondary N) is 1. The smallest absolute Gasteiger partial charge is 0.268 e. The normalized spacial score (nSPS) is 15.6. The van der Waals surface area contributed by atoms with E-state index in [4.69, 9.17) is 9.05 Å². The highest BCUT2D eigenvalue weighted by Crippen LogP contribution is 2.38. The van der Waals surface area contributed by atoms with Gasteiger partial charge in [-0.3, -0.25) is 9.36 Å². The largest absolute Gasteiger partial charge is 0.756 e. The zero-order chi connectivity index (χ0) is 33.7. The van der Waals surface area contributed by atoms with E-state index in [2.05, 4.69) is 54.8 Å². The zero-order valence-electron chi connectivity index (χ0n) is 29.0. The van der Waals surface area contributed by atoms with Crippen molar-refractivity contribution in [1.29, 1.82) is 0 Å². The van der Waals surface area contributed by atoms with Crippen LogP contribution in [0.15, 0.2) is 60.8 Å². The quantitative estimate of drug-likeness (QED) is 0.0371. The number of unbranched alkanes of at least 4 members (excludes halogenated alkanes) is 9. The SMILES string of the molecule is C/C=C/CC/C=C/CC/C=C/C(O)C(COP(=O)([O-])OCC[N+](C)(C)C)NC(=O)CCCCCCC/C=C\C/C=C\CCCC. The summed E-state index contributed by atoms with van der Waals surface area (Å²) in [6.45, 7) is 4.28. The fraction of sp³-hybridized carbons (Fsp3) is 0.694. The second-order valence-corrected chi connectivity index (χ2v) is 13.9. The van der Waals surface area contributed by atoms with E-state index in [1.807, 2.05) is 40.2 Å². The van der Waals surface area contributed by atoms with Crippen molar-refractivity contribution < 1.29 is 32.9 Å². The number of aliphatic hydroxyl groups excluding tert-OH is 1. The van der Waals surface area contributed by atoms with E-state index in [0.29, 0.717) is 17.4 Å². The predicted molar refractivity (Wildman–Crippen MR) is 187 cm³/mol. The van der Waals surface area contributed by atoms with Crippen LogP contribution in [0.25, 0.3) is 0 Å². The van der Waals surface area contributed by atoms with E-state index in [-0.39, 0.29) is 12.5 Å². The predicted octanol–water partition coefficient (Wildman–Crippen LogP) is 7.71. The fourth-order valence-corrected chi connectivity index (χ4v) is 4.93. The number of phosphoric acid groups is 1. The average Bonchev–Trinajstić information content (AvgIpc) is 2.97.